The van der Waals surface area contributed by atoms with Crippen LogP contribution in [0.3, 0.4) is 0 Å². The van der Waals surface area contributed by atoms with E-state index in [2.05, 4.69) is 31.7 Å². The van der Waals surface area contributed by atoms with Crippen molar-refractivity contribution in [3.8, 4) is 11.3 Å². The molecule has 0 aliphatic rings. The quantitative estimate of drug-likeness (QED) is 0.509. The maximum atomic E-state index is 5.96. The monoisotopic (exact) mass is 398 g/mol. The van der Waals surface area contributed by atoms with Crippen molar-refractivity contribution >= 4 is 45.7 Å². The summed E-state index contributed by atoms with van der Waals surface area (Å²) in [6, 6.07) is 9.77. The molecule has 0 aliphatic heterocycles. The molecule has 3 heterocycles. The molecule has 2 N–H and O–H groups in total. The van der Waals surface area contributed by atoms with Crippen molar-refractivity contribution in [3.05, 3.63) is 51.4 Å². The van der Waals surface area contributed by atoms with E-state index < -0.39 is 0 Å². The second kappa shape index (κ2) is 7.17. The normalized spacial score (nSPS) is 11.1. The van der Waals surface area contributed by atoms with Gasteiger partial charge in [-0.15, -0.1) is 11.3 Å². The highest BCUT2D eigenvalue weighted by Crippen LogP contribution is 2.26. The molecule has 27 heavy (non-hydrogen) atoms. The highest BCUT2D eigenvalue weighted by molar-refractivity contribution is 7.10. The highest BCUT2D eigenvalue weighted by atomic mass is 35.5. The fourth-order valence-corrected chi connectivity index (χ4v) is 3.64. The summed E-state index contributed by atoms with van der Waals surface area (Å²) >= 11 is 7.58. The van der Waals surface area contributed by atoms with Crippen molar-refractivity contribution in [3.63, 3.8) is 0 Å². The van der Waals surface area contributed by atoms with Crippen LogP contribution in [0.25, 0.3) is 22.3 Å². The summed E-state index contributed by atoms with van der Waals surface area (Å²) in [7, 11) is 3.86. The van der Waals surface area contributed by atoms with Gasteiger partial charge < -0.3 is 15.2 Å². The molecule has 0 aliphatic carbocycles. The number of rotatable bonds is 5. The molecule has 138 valence electrons. The second-order valence-electron chi connectivity index (χ2n) is 6.47. The smallest absolute Gasteiger partial charge is 0.228 e. The Morgan fingerprint density at radius 3 is 2.67 bits per heavy atom. The van der Waals surface area contributed by atoms with E-state index >= 15 is 0 Å². The van der Waals surface area contributed by atoms with Crippen LogP contribution in [0.1, 0.15) is 10.7 Å². The summed E-state index contributed by atoms with van der Waals surface area (Å²) in [5.41, 5.74) is 3.89. The van der Waals surface area contributed by atoms with Crippen LogP contribution in [-0.2, 0) is 6.54 Å². The van der Waals surface area contributed by atoms with Crippen LogP contribution in [0, 0.1) is 6.92 Å². The van der Waals surface area contributed by atoms with E-state index in [0.717, 1.165) is 43.8 Å². The number of nitrogens with one attached hydrogen (secondary N) is 2. The van der Waals surface area contributed by atoms with Crippen molar-refractivity contribution < 1.29 is 0 Å². The number of nitrogens with zero attached hydrogens (tertiary/aromatic N) is 4. The van der Waals surface area contributed by atoms with Gasteiger partial charge in [-0.2, -0.15) is 9.97 Å². The average molecular weight is 399 g/mol. The fourth-order valence-electron chi connectivity index (χ4n) is 2.77. The van der Waals surface area contributed by atoms with Crippen LogP contribution in [-0.4, -0.2) is 34.0 Å². The Morgan fingerprint density at radius 1 is 1.15 bits per heavy atom. The minimum atomic E-state index is 0.599. The van der Waals surface area contributed by atoms with Crippen molar-refractivity contribution in [2.75, 3.05) is 24.3 Å². The Hall–Kier alpha value is -2.64. The minimum absolute atomic E-state index is 0.599. The summed E-state index contributed by atoms with van der Waals surface area (Å²) in [5, 5.41) is 8.17. The molecule has 0 amide bonds. The molecule has 0 fully saturated rings. The summed E-state index contributed by atoms with van der Waals surface area (Å²) in [6.45, 7) is 2.61. The average Bonchev–Trinajstić information content (AvgIpc) is 3.25. The Kier molecular flexibility index (Phi) is 4.72. The molecule has 0 spiro atoms. The van der Waals surface area contributed by atoms with Crippen LogP contribution in [0.4, 0.5) is 11.8 Å². The SMILES string of the molecule is Cc1cc2c(NCc3nc(-c4ccc(Cl)cc4)cs3)nc(N(C)C)nc2[nH]1. The van der Waals surface area contributed by atoms with Gasteiger partial charge >= 0.3 is 0 Å². The molecule has 8 heteroatoms. The zero-order valence-electron chi connectivity index (χ0n) is 15.2. The van der Waals surface area contributed by atoms with E-state index in [9.17, 15) is 0 Å². The minimum Gasteiger partial charge on any atom is -0.363 e. The zero-order valence-corrected chi connectivity index (χ0v) is 16.8. The molecular formula is C19H19ClN6S. The summed E-state index contributed by atoms with van der Waals surface area (Å²) in [6.07, 6.45) is 0. The largest absolute Gasteiger partial charge is 0.363 e. The molecule has 0 radical (unpaired) electrons. The first-order chi connectivity index (χ1) is 13.0. The van der Waals surface area contributed by atoms with E-state index in [1.807, 2.05) is 50.2 Å². The third-order valence-electron chi connectivity index (χ3n) is 4.11. The van der Waals surface area contributed by atoms with Crippen LogP contribution < -0.4 is 10.2 Å². The number of H-pyrrole nitrogens is 1. The number of anilines is 2. The van der Waals surface area contributed by atoms with Crippen LogP contribution in [0.2, 0.25) is 5.02 Å². The van der Waals surface area contributed by atoms with Gasteiger partial charge in [0.25, 0.3) is 0 Å². The van der Waals surface area contributed by atoms with E-state index in [0.29, 0.717) is 12.5 Å². The number of aryl methyl sites for hydroxylation is 1. The van der Waals surface area contributed by atoms with E-state index in [1.165, 1.54) is 0 Å². The Balaban J connectivity index is 1.57. The van der Waals surface area contributed by atoms with Gasteiger partial charge in [0.05, 0.1) is 17.6 Å². The number of hydrogen-bond acceptors (Lipinski definition) is 6. The maximum absolute atomic E-state index is 5.96. The van der Waals surface area contributed by atoms with Crippen LogP contribution >= 0.6 is 22.9 Å². The summed E-state index contributed by atoms with van der Waals surface area (Å²) < 4.78 is 0. The number of hydrogen-bond donors (Lipinski definition) is 2. The Bertz CT molecular complexity index is 1080. The van der Waals surface area contributed by atoms with Gasteiger partial charge in [0.15, 0.2) is 0 Å². The van der Waals surface area contributed by atoms with Gasteiger partial charge in [-0.05, 0) is 25.1 Å². The Labute approximate surface area is 166 Å². The van der Waals surface area contributed by atoms with Crippen molar-refractivity contribution in [1.82, 2.24) is 19.9 Å². The van der Waals surface area contributed by atoms with Crippen molar-refractivity contribution in [1.29, 1.82) is 0 Å². The molecule has 0 saturated carbocycles. The first kappa shape index (κ1) is 17.8. The van der Waals surface area contributed by atoms with E-state index in [-0.39, 0.29) is 0 Å². The number of aromatic nitrogens is 4. The lowest BCUT2D eigenvalue weighted by Crippen LogP contribution is -2.14. The molecule has 0 saturated heterocycles. The molecule has 0 unspecified atom stereocenters. The third kappa shape index (κ3) is 3.74. The number of fused-ring (bicyclic) bond motifs is 1. The predicted octanol–water partition coefficient (Wildman–Crippen LogP) is 4.72. The van der Waals surface area contributed by atoms with E-state index in [4.69, 9.17) is 16.6 Å². The molecule has 1 aromatic carbocycles. The van der Waals surface area contributed by atoms with Crippen molar-refractivity contribution in [2.24, 2.45) is 0 Å². The van der Waals surface area contributed by atoms with Gasteiger partial charge in [-0.25, -0.2) is 4.98 Å². The molecule has 6 nitrogen and oxygen atoms in total. The van der Waals surface area contributed by atoms with Gasteiger partial charge in [-0.1, -0.05) is 23.7 Å². The highest BCUT2D eigenvalue weighted by Gasteiger charge is 2.12. The predicted molar refractivity (Wildman–Crippen MR) is 113 cm³/mol. The number of aromatic amines is 1. The zero-order chi connectivity index (χ0) is 19.0. The van der Waals surface area contributed by atoms with Gasteiger partial charge in [0.2, 0.25) is 5.95 Å². The van der Waals surface area contributed by atoms with Gasteiger partial charge in [0, 0.05) is 35.8 Å². The van der Waals surface area contributed by atoms with E-state index in [1.54, 1.807) is 11.3 Å². The fraction of sp³-hybridized carbons (Fsp3) is 0.211. The third-order valence-corrected chi connectivity index (χ3v) is 5.21. The van der Waals surface area contributed by atoms with Crippen LogP contribution in [0.15, 0.2) is 35.7 Å². The molecule has 0 bridgehead atoms. The lowest BCUT2D eigenvalue weighted by molar-refractivity contribution is 0.999. The molecule has 0 atom stereocenters. The number of halogens is 1. The first-order valence-electron chi connectivity index (χ1n) is 8.48. The Morgan fingerprint density at radius 2 is 1.93 bits per heavy atom. The topological polar surface area (TPSA) is 69.7 Å². The lowest BCUT2D eigenvalue weighted by atomic mass is 10.2. The molecule has 4 rings (SSSR count). The van der Waals surface area contributed by atoms with Gasteiger partial charge in [0.1, 0.15) is 16.5 Å². The number of benzene rings is 1. The maximum Gasteiger partial charge on any atom is 0.228 e. The van der Waals surface area contributed by atoms with Crippen LogP contribution in [0.5, 0.6) is 0 Å². The van der Waals surface area contributed by atoms with Gasteiger partial charge in [-0.3, -0.25) is 0 Å². The first-order valence-corrected chi connectivity index (χ1v) is 9.74. The molecular weight excluding hydrogens is 380 g/mol. The number of thiazole rings is 1. The van der Waals surface area contributed by atoms with Crippen molar-refractivity contribution in [2.45, 2.75) is 13.5 Å². The standard InChI is InChI=1S/C19H19ClN6S/c1-11-8-14-17(24-19(26(2)3)25-18(14)22-11)21-9-16-23-15(10-27-16)12-4-6-13(20)7-5-12/h4-8,10H,9H2,1-3H3,(H2,21,22,24,25). The summed E-state index contributed by atoms with van der Waals surface area (Å²) in [5.74, 6) is 1.46. The second-order valence-corrected chi connectivity index (χ2v) is 7.85. The lowest BCUT2D eigenvalue weighted by Gasteiger charge is -2.12. The summed E-state index contributed by atoms with van der Waals surface area (Å²) in [4.78, 5) is 19.1. The molecule has 3 aromatic heterocycles. The molecule has 4 aromatic rings.